The first-order valence-electron chi connectivity index (χ1n) is 2.51. The molecule has 1 aliphatic rings. The summed E-state index contributed by atoms with van der Waals surface area (Å²) in [5.74, 6) is -0.366. The molecule has 1 rings (SSSR count). The largest absolute Gasteiger partial charge is 0.367 e. The molecule has 2 N–H and O–H groups in total. The average Bonchev–Trinajstić information content (AvgIpc) is 2.13. The van der Waals surface area contributed by atoms with E-state index in [0.29, 0.717) is 0 Å². The Bertz CT molecular complexity index is 130. The lowest BCUT2D eigenvalue weighted by Gasteiger charge is -1.87. The number of primary amides is 1. The maximum atomic E-state index is 10.3. The molecule has 1 aliphatic heterocycles. The van der Waals surface area contributed by atoms with Crippen molar-refractivity contribution in [3.8, 4) is 0 Å². The molecule has 0 spiro atoms. The molecule has 3 heteroatoms. The number of rotatable bonds is 1. The van der Waals surface area contributed by atoms with Crippen LogP contribution < -0.4 is 5.73 Å². The van der Waals surface area contributed by atoms with Crippen LogP contribution in [0.4, 0.5) is 0 Å². The molecule has 1 saturated heterocycles. The molecule has 0 aromatic rings. The third kappa shape index (κ3) is 0.690. The van der Waals surface area contributed by atoms with Crippen molar-refractivity contribution in [1.29, 1.82) is 0 Å². The third-order valence-corrected chi connectivity index (χ3v) is 1.25. The van der Waals surface area contributed by atoms with Crippen LogP contribution in [0.25, 0.3) is 0 Å². The van der Waals surface area contributed by atoms with E-state index in [0.717, 1.165) is 0 Å². The maximum absolute atomic E-state index is 10.3. The van der Waals surface area contributed by atoms with Gasteiger partial charge < -0.3 is 10.5 Å². The quantitative estimate of drug-likeness (QED) is 0.475. The fourth-order valence-corrected chi connectivity index (χ4v) is 0.670. The van der Waals surface area contributed by atoms with E-state index in [-0.39, 0.29) is 17.6 Å². The van der Waals surface area contributed by atoms with Crippen molar-refractivity contribution in [2.24, 2.45) is 5.73 Å². The van der Waals surface area contributed by atoms with Gasteiger partial charge in [-0.3, -0.25) is 4.79 Å². The second-order valence-corrected chi connectivity index (χ2v) is 2.50. The second-order valence-electron chi connectivity index (χ2n) is 2.50. The van der Waals surface area contributed by atoms with Crippen molar-refractivity contribution in [2.75, 3.05) is 0 Å². The maximum Gasteiger partial charge on any atom is 0.249 e. The Morgan fingerprint density at radius 2 is 2.12 bits per heavy atom. The molecule has 0 bridgehead atoms. The highest BCUT2D eigenvalue weighted by Crippen LogP contribution is 2.34. The predicted octanol–water partition coefficient (Wildman–Crippen LogP) is -0.351. The molecule has 1 fully saturated rings. The van der Waals surface area contributed by atoms with Crippen molar-refractivity contribution in [2.45, 2.75) is 25.6 Å². The van der Waals surface area contributed by atoms with E-state index in [1.807, 2.05) is 13.8 Å². The standard InChI is InChI=1S/C5H9NO2/c1-5(2)3(8-5)4(6)7/h3H,1-2H3,(H2,6,7)/t3-/m1/s1. The van der Waals surface area contributed by atoms with Crippen molar-refractivity contribution in [3.63, 3.8) is 0 Å². The zero-order chi connectivity index (χ0) is 6.36. The molecule has 3 nitrogen and oxygen atoms in total. The first-order valence-corrected chi connectivity index (χ1v) is 2.51. The highest BCUT2D eigenvalue weighted by Gasteiger charge is 2.51. The highest BCUT2D eigenvalue weighted by molar-refractivity contribution is 5.82. The van der Waals surface area contributed by atoms with Gasteiger partial charge in [0.2, 0.25) is 5.91 Å². The van der Waals surface area contributed by atoms with Crippen molar-refractivity contribution in [3.05, 3.63) is 0 Å². The highest BCUT2D eigenvalue weighted by atomic mass is 16.6. The summed E-state index contributed by atoms with van der Waals surface area (Å²) in [4.78, 5) is 10.3. The molecule has 46 valence electrons. The Morgan fingerprint density at radius 1 is 1.75 bits per heavy atom. The molecule has 0 aromatic heterocycles. The first-order chi connectivity index (χ1) is 3.54. The van der Waals surface area contributed by atoms with Gasteiger partial charge in [-0.05, 0) is 13.8 Å². The van der Waals surface area contributed by atoms with Gasteiger partial charge in [0.15, 0.2) is 6.10 Å². The van der Waals surface area contributed by atoms with Crippen LogP contribution in [-0.2, 0) is 9.53 Å². The lowest BCUT2D eigenvalue weighted by atomic mass is 10.1. The molecule has 0 aliphatic carbocycles. The van der Waals surface area contributed by atoms with E-state index in [9.17, 15) is 4.79 Å². The first kappa shape index (κ1) is 5.56. The van der Waals surface area contributed by atoms with E-state index < -0.39 is 0 Å². The van der Waals surface area contributed by atoms with Crippen LogP contribution in [-0.4, -0.2) is 17.6 Å². The number of hydrogen-bond donors (Lipinski definition) is 1. The number of amides is 1. The normalized spacial score (nSPS) is 32.0. The molecular formula is C5H9NO2. The van der Waals surface area contributed by atoms with E-state index >= 15 is 0 Å². The minimum absolute atomic E-state index is 0.286. The fourth-order valence-electron chi connectivity index (χ4n) is 0.670. The molecular weight excluding hydrogens is 106 g/mol. The van der Waals surface area contributed by atoms with E-state index in [2.05, 4.69) is 0 Å². The number of epoxide rings is 1. The van der Waals surface area contributed by atoms with E-state index in [1.54, 1.807) is 0 Å². The average molecular weight is 115 g/mol. The van der Waals surface area contributed by atoms with Crippen LogP contribution in [0.5, 0.6) is 0 Å². The van der Waals surface area contributed by atoms with Crippen molar-refractivity contribution in [1.82, 2.24) is 0 Å². The summed E-state index contributed by atoms with van der Waals surface area (Å²) >= 11 is 0. The number of hydrogen-bond acceptors (Lipinski definition) is 2. The van der Waals surface area contributed by atoms with Gasteiger partial charge in [-0.25, -0.2) is 0 Å². The molecule has 0 radical (unpaired) electrons. The van der Waals surface area contributed by atoms with Gasteiger partial charge in [-0.2, -0.15) is 0 Å². The Hall–Kier alpha value is -0.570. The molecule has 0 saturated carbocycles. The summed E-state index contributed by atoms with van der Waals surface area (Å²) in [7, 11) is 0. The van der Waals surface area contributed by atoms with Gasteiger partial charge in [0.25, 0.3) is 0 Å². The summed E-state index contributed by atoms with van der Waals surface area (Å²) in [6.07, 6.45) is -0.345. The van der Waals surface area contributed by atoms with Crippen LogP contribution in [0.1, 0.15) is 13.8 Å². The monoisotopic (exact) mass is 115 g/mol. The third-order valence-electron chi connectivity index (χ3n) is 1.25. The van der Waals surface area contributed by atoms with Gasteiger partial charge in [0, 0.05) is 0 Å². The number of ether oxygens (including phenoxy) is 1. The van der Waals surface area contributed by atoms with Gasteiger partial charge >= 0.3 is 0 Å². The Morgan fingerprint density at radius 3 is 2.12 bits per heavy atom. The fraction of sp³-hybridized carbons (Fsp3) is 0.800. The molecule has 0 aromatic carbocycles. The summed E-state index contributed by atoms with van der Waals surface area (Å²) in [6, 6.07) is 0. The predicted molar refractivity (Wildman–Crippen MR) is 28.1 cm³/mol. The molecule has 0 unspecified atom stereocenters. The van der Waals surface area contributed by atoms with Gasteiger partial charge in [-0.15, -0.1) is 0 Å². The van der Waals surface area contributed by atoms with Crippen LogP contribution in [0.3, 0.4) is 0 Å². The second kappa shape index (κ2) is 1.23. The molecule has 1 atom stereocenters. The summed E-state index contributed by atoms with van der Waals surface area (Å²) < 4.78 is 4.89. The number of carbonyl (C=O) groups excluding carboxylic acids is 1. The van der Waals surface area contributed by atoms with Crippen molar-refractivity contribution < 1.29 is 9.53 Å². The zero-order valence-electron chi connectivity index (χ0n) is 4.97. The van der Waals surface area contributed by atoms with Crippen LogP contribution >= 0.6 is 0 Å². The minimum Gasteiger partial charge on any atom is -0.367 e. The van der Waals surface area contributed by atoms with Gasteiger partial charge in [-0.1, -0.05) is 0 Å². The van der Waals surface area contributed by atoms with Gasteiger partial charge in [0.1, 0.15) is 0 Å². The van der Waals surface area contributed by atoms with E-state index in [4.69, 9.17) is 10.5 Å². The summed E-state index contributed by atoms with van der Waals surface area (Å²) in [5, 5.41) is 0. The Balaban J connectivity index is 2.48. The minimum atomic E-state index is -0.366. The Kier molecular flexibility index (Phi) is 0.854. The number of nitrogens with two attached hydrogens (primary N) is 1. The zero-order valence-corrected chi connectivity index (χ0v) is 4.97. The van der Waals surface area contributed by atoms with Crippen LogP contribution in [0.15, 0.2) is 0 Å². The van der Waals surface area contributed by atoms with Crippen LogP contribution in [0.2, 0.25) is 0 Å². The molecule has 8 heavy (non-hydrogen) atoms. The number of carbonyl (C=O) groups is 1. The van der Waals surface area contributed by atoms with E-state index in [1.165, 1.54) is 0 Å². The lowest BCUT2D eigenvalue weighted by molar-refractivity contribution is -0.119. The topological polar surface area (TPSA) is 55.6 Å². The lowest BCUT2D eigenvalue weighted by Crippen LogP contribution is -2.22. The molecule has 1 amide bonds. The van der Waals surface area contributed by atoms with Crippen molar-refractivity contribution >= 4 is 5.91 Å². The summed E-state index contributed by atoms with van der Waals surface area (Å²) in [6.45, 7) is 3.67. The molecule has 1 heterocycles. The SMILES string of the molecule is CC1(C)O[C@@H]1C(N)=O. The Labute approximate surface area is 47.8 Å². The smallest absolute Gasteiger partial charge is 0.249 e. The van der Waals surface area contributed by atoms with Crippen LogP contribution in [0, 0.1) is 0 Å². The van der Waals surface area contributed by atoms with Gasteiger partial charge in [0.05, 0.1) is 5.60 Å². The summed E-state index contributed by atoms with van der Waals surface area (Å²) in [5.41, 5.74) is 4.62.